The molecule has 1 heterocycles. The molecule has 1 aliphatic heterocycles. The number of nitrogens with zero attached hydrogens (tertiary/aromatic N) is 2. The molecule has 0 N–H and O–H groups in total. The maximum atomic E-state index is 11.7. The van der Waals surface area contributed by atoms with Crippen LogP contribution in [0.2, 0.25) is 0 Å². The molecule has 3 nitrogen and oxygen atoms in total. The van der Waals surface area contributed by atoms with E-state index in [-0.39, 0.29) is 18.0 Å². The molecule has 1 fully saturated rings. The Bertz CT molecular complexity index is 451. The highest BCUT2D eigenvalue weighted by atomic mass is 16.2. The molecule has 3 heteroatoms. The Balaban J connectivity index is 2.22. The van der Waals surface area contributed by atoms with E-state index in [1.165, 1.54) is 16.8 Å². The van der Waals surface area contributed by atoms with E-state index in [0.29, 0.717) is 0 Å². The largest absolute Gasteiger partial charge is 0.367 e. The number of hydrogen-bond acceptors (Lipinski definition) is 2. The number of anilines is 1. The standard InChI is InChI=1S/C16H24N2O/c1-11-6-12(2)8-16(7-11)17-9-13(3)18(15(5)19)14(4)10-17/h6-8,13-14H,9-10H2,1-5H3/t13-,14+. The molecule has 1 aromatic rings. The first-order valence-corrected chi connectivity index (χ1v) is 7.00. The van der Waals surface area contributed by atoms with Gasteiger partial charge in [0.2, 0.25) is 5.91 Å². The molecule has 0 spiro atoms. The van der Waals surface area contributed by atoms with Crippen molar-refractivity contribution in [1.29, 1.82) is 0 Å². The summed E-state index contributed by atoms with van der Waals surface area (Å²) in [6, 6.07) is 7.19. The SMILES string of the molecule is CC(=O)N1[C@H](C)CN(c2cc(C)cc(C)c2)C[C@@H]1C. The van der Waals surface area contributed by atoms with Gasteiger partial charge in [-0.1, -0.05) is 6.07 Å². The van der Waals surface area contributed by atoms with Crippen LogP contribution in [0.3, 0.4) is 0 Å². The predicted octanol–water partition coefficient (Wildman–Crippen LogP) is 2.75. The van der Waals surface area contributed by atoms with Gasteiger partial charge in [-0.15, -0.1) is 0 Å². The number of hydrogen-bond donors (Lipinski definition) is 0. The van der Waals surface area contributed by atoms with Crippen molar-refractivity contribution >= 4 is 11.6 Å². The summed E-state index contributed by atoms with van der Waals surface area (Å²) in [5.41, 5.74) is 3.87. The summed E-state index contributed by atoms with van der Waals surface area (Å²) in [6.45, 7) is 12.0. The van der Waals surface area contributed by atoms with Gasteiger partial charge < -0.3 is 9.80 Å². The molecule has 2 rings (SSSR count). The number of amides is 1. The fraction of sp³-hybridized carbons (Fsp3) is 0.562. The zero-order valence-electron chi connectivity index (χ0n) is 12.6. The third kappa shape index (κ3) is 2.91. The Morgan fingerprint density at radius 3 is 1.95 bits per heavy atom. The molecule has 0 aromatic heterocycles. The quantitative estimate of drug-likeness (QED) is 0.775. The lowest BCUT2D eigenvalue weighted by atomic mass is 10.1. The zero-order valence-corrected chi connectivity index (χ0v) is 12.6. The molecular weight excluding hydrogens is 236 g/mol. The fourth-order valence-electron chi connectivity index (χ4n) is 3.29. The van der Waals surface area contributed by atoms with Crippen LogP contribution >= 0.6 is 0 Å². The van der Waals surface area contributed by atoms with Gasteiger partial charge in [0.1, 0.15) is 0 Å². The van der Waals surface area contributed by atoms with Crippen LogP contribution in [0.5, 0.6) is 0 Å². The van der Waals surface area contributed by atoms with Gasteiger partial charge in [0.15, 0.2) is 0 Å². The minimum Gasteiger partial charge on any atom is -0.367 e. The summed E-state index contributed by atoms with van der Waals surface area (Å²) in [5, 5.41) is 0. The summed E-state index contributed by atoms with van der Waals surface area (Å²) in [7, 11) is 0. The van der Waals surface area contributed by atoms with Crippen molar-refractivity contribution in [2.24, 2.45) is 0 Å². The first-order valence-electron chi connectivity index (χ1n) is 7.00. The van der Waals surface area contributed by atoms with E-state index in [9.17, 15) is 4.79 Å². The van der Waals surface area contributed by atoms with E-state index in [1.54, 1.807) is 6.92 Å². The second-order valence-corrected chi connectivity index (χ2v) is 5.88. The summed E-state index contributed by atoms with van der Waals surface area (Å²) in [4.78, 5) is 16.1. The maximum absolute atomic E-state index is 11.7. The second kappa shape index (κ2) is 5.24. The number of carbonyl (C=O) groups is 1. The Kier molecular flexibility index (Phi) is 3.83. The first-order chi connectivity index (χ1) is 8.88. The highest BCUT2D eigenvalue weighted by Gasteiger charge is 2.31. The third-order valence-corrected chi connectivity index (χ3v) is 3.85. The van der Waals surface area contributed by atoms with Crippen LogP contribution in [0.4, 0.5) is 5.69 Å². The second-order valence-electron chi connectivity index (χ2n) is 5.88. The van der Waals surface area contributed by atoms with Gasteiger partial charge in [-0.3, -0.25) is 4.79 Å². The molecule has 19 heavy (non-hydrogen) atoms. The Hall–Kier alpha value is -1.51. The lowest BCUT2D eigenvalue weighted by Crippen LogP contribution is -2.58. The normalized spacial score (nSPS) is 23.6. The summed E-state index contributed by atoms with van der Waals surface area (Å²) in [6.07, 6.45) is 0. The Morgan fingerprint density at radius 2 is 1.53 bits per heavy atom. The number of aryl methyl sites for hydroxylation is 2. The van der Waals surface area contributed by atoms with Crippen LogP contribution in [0, 0.1) is 13.8 Å². The predicted molar refractivity (Wildman–Crippen MR) is 79.6 cm³/mol. The number of benzene rings is 1. The van der Waals surface area contributed by atoms with Crippen LogP contribution < -0.4 is 4.90 Å². The summed E-state index contributed by atoms with van der Waals surface area (Å²) in [5.74, 6) is 0.181. The number of rotatable bonds is 1. The van der Waals surface area contributed by atoms with Gasteiger partial charge >= 0.3 is 0 Å². The van der Waals surface area contributed by atoms with Crippen LogP contribution in [-0.2, 0) is 4.79 Å². The van der Waals surface area contributed by atoms with E-state index >= 15 is 0 Å². The van der Waals surface area contributed by atoms with E-state index in [1.807, 2.05) is 4.90 Å². The zero-order chi connectivity index (χ0) is 14.2. The monoisotopic (exact) mass is 260 g/mol. The van der Waals surface area contributed by atoms with Crippen LogP contribution in [0.25, 0.3) is 0 Å². The van der Waals surface area contributed by atoms with Crippen molar-refractivity contribution in [2.45, 2.75) is 46.7 Å². The van der Waals surface area contributed by atoms with Crippen molar-refractivity contribution in [1.82, 2.24) is 4.90 Å². The molecule has 1 aromatic carbocycles. The van der Waals surface area contributed by atoms with Crippen molar-refractivity contribution in [2.75, 3.05) is 18.0 Å². The van der Waals surface area contributed by atoms with E-state index in [0.717, 1.165) is 13.1 Å². The molecule has 1 aliphatic rings. The van der Waals surface area contributed by atoms with E-state index in [4.69, 9.17) is 0 Å². The molecule has 1 saturated heterocycles. The molecule has 0 saturated carbocycles. The van der Waals surface area contributed by atoms with Crippen molar-refractivity contribution in [3.63, 3.8) is 0 Å². The van der Waals surface area contributed by atoms with Crippen LogP contribution in [0.15, 0.2) is 18.2 Å². The highest BCUT2D eigenvalue weighted by Crippen LogP contribution is 2.24. The number of carbonyl (C=O) groups excluding carboxylic acids is 1. The molecule has 0 bridgehead atoms. The first kappa shape index (κ1) is 13.9. The van der Waals surface area contributed by atoms with Crippen molar-refractivity contribution in [3.05, 3.63) is 29.3 Å². The highest BCUT2D eigenvalue weighted by molar-refractivity contribution is 5.74. The third-order valence-electron chi connectivity index (χ3n) is 3.85. The summed E-state index contributed by atoms with van der Waals surface area (Å²) >= 11 is 0. The average Bonchev–Trinajstić information content (AvgIpc) is 2.25. The van der Waals surface area contributed by atoms with Gasteiger partial charge in [0, 0.05) is 37.8 Å². The Morgan fingerprint density at radius 1 is 1.05 bits per heavy atom. The van der Waals surface area contributed by atoms with Crippen molar-refractivity contribution < 1.29 is 4.79 Å². The number of piperazine rings is 1. The molecule has 0 unspecified atom stereocenters. The van der Waals surface area contributed by atoms with Crippen LogP contribution in [-0.4, -0.2) is 36.0 Å². The lowest BCUT2D eigenvalue weighted by Gasteiger charge is -2.45. The van der Waals surface area contributed by atoms with E-state index in [2.05, 4.69) is 50.8 Å². The molecule has 104 valence electrons. The Labute approximate surface area is 116 Å². The van der Waals surface area contributed by atoms with Crippen LogP contribution in [0.1, 0.15) is 31.9 Å². The van der Waals surface area contributed by atoms with Crippen molar-refractivity contribution in [3.8, 4) is 0 Å². The molecule has 2 atom stereocenters. The van der Waals surface area contributed by atoms with Gasteiger partial charge in [0.25, 0.3) is 0 Å². The average molecular weight is 260 g/mol. The fourth-order valence-corrected chi connectivity index (χ4v) is 3.29. The van der Waals surface area contributed by atoms with Gasteiger partial charge in [-0.05, 0) is 51.0 Å². The maximum Gasteiger partial charge on any atom is 0.220 e. The van der Waals surface area contributed by atoms with Gasteiger partial charge in [-0.25, -0.2) is 0 Å². The minimum absolute atomic E-state index is 0.181. The lowest BCUT2D eigenvalue weighted by molar-refractivity contribution is -0.133. The van der Waals surface area contributed by atoms with Gasteiger partial charge in [-0.2, -0.15) is 0 Å². The minimum atomic E-state index is 0.181. The van der Waals surface area contributed by atoms with E-state index < -0.39 is 0 Å². The molecule has 0 aliphatic carbocycles. The summed E-state index contributed by atoms with van der Waals surface area (Å²) < 4.78 is 0. The smallest absolute Gasteiger partial charge is 0.220 e. The molecule has 0 radical (unpaired) electrons. The molecule has 1 amide bonds. The topological polar surface area (TPSA) is 23.6 Å². The molecular formula is C16H24N2O. The van der Waals surface area contributed by atoms with Gasteiger partial charge in [0.05, 0.1) is 0 Å².